The van der Waals surface area contributed by atoms with Crippen LogP contribution >= 0.6 is 11.6 Å². The molecule has 3 aromatic carbocycles. The van der Waals surface area contributed by atoms with Crippen molar-refractivity contribution in [2.45, 2.75) is 32.7 Å². The molecule has 1 amide bonds. The molecule has 0 saturated heterocycles. The molecule has 1 aliphatic heterocycles. The number of aryl methyl sites for hydroxylation is 2. The molecular weight excluding hydrogens is 454 g/mol. The minimum absolute atomic E-state index is 0.0431. The van der Waals surface area contributed by atoms with Crippen LogP contribution in [0.4, 0.5) is 5.69 Å². The summed E-state index contributed by atoms with van der Waals surface area (Å²) in [7, 11) is 0. The van der Waals surface area contributed by atoms with Gasteiger partial charge >= 0.3 is 0 Å². The number of hydrogen-bond acceptors (Lipinski definition) is 3. The third kappa shape index (κ3) is 5.03. The first-order valence-electron chi connectivity index (χ1n) is 11.7. The second-order valence-electron chi connectivity index (χ2n) is 8.92. The van der Waals surface area contributed by atoms with Crippen LogP contribution in [-0.2, 0) is 17.6 Å². The van der Waals surface area contributed by atoms with Crippen LogP contribution in [0.5, 0.6) is 0 Å². The molecule has 0 spiro atoms. The lowest BCUT2D eigenvalue weighted by molar-refractivity contribution is -0.120. The quantitative estimate of drug-likeness (QED) is 0.344. The van der Waals surface area contributed by atoms with Crippen molar-refractivity contribution in [3.63, 3.8) is 0 Å². The smallest absolute Gasteiger partial charge is 0.225 e. The van der Waals surface area contributed by atoms with Crippen molar-refractivity contribution in [1.29, 1.82) is 0 Å². The first kappa shape index (κ1) is 23.0. The fraction of sp³-hybridized carbons (Fsp3) is 0.167. The van der Waals surface area contributed by atoms with E-state index in [0.29, 0.717) is 5.02 Å². The van der Waals surface area contributed by atoms with Gasteiger partial charge < -0.3 is 5.32 Å². The van der Waals surface area contributed by atoms with Crippen LogP contribution in [0.15, 0.2) is 90.1 Å². The third-order valence-electron chi connectivity index (χ3n) is 6.43. The van der Waals surface area contributed by atoms with Crippen molar-refractivity contribution in [1.82, 2.24) is 10.3 Å². The molecule has 0 fully saturated rings. The van der Waals surface area contributed by atoms with Gasteiger partial charge in [0.1, 0.15) is 0 Å². The van der Waals surface area contributed by atoms with Gasteiger partial charge in [-0.15, -0.1) is 0 Å². The molecule has 1 atom stereocenters. The SMILES string of the molecule is Cc1cc(Cl)ccc1C(NC(=O)Cc1ccc2c(c1)N=C(c1cccnc1C)C2)c1ccccc1. The van der Waals surface area contributed by atoms with E-state index in [1.165, 1.54) is 5.56 Å². The van der Waals surface area contributed by atoms with E-state index in [4.69, 9.17) is 16.6 Å². The molecule has 5 rings (SSSR count). The van der Waals surface area contributed by atoms with Crippen LogP contribution in [0.1, 0.15) is 45.1 Å². The molecule has 0 saturated carbocycles. The molecule has 35 heavy (non-hydrogen) atoms. The zero-order valence-electron chi connectivity index (χ0n) is 19.8. The molecule has 0 bridgehead atoms. The fourth-order valence-electron chi connectivity index (χ4n) is 4.63. The first-order valence-corrected chi connectivity index (χ1v) is 12.1. The highest BCUT2D eigenvalue weighted by Gasteiger charge is 2.21. The highest BCUT2D eigenvalue weighted by Crippen LogP contribution is 2.31. The summed E-state index contributed by atoms with van der Waals surface area (Å²) in [5.41, 5.74) is 9.22. The Hall–Kier alpha value is -3.76. The molecule has 0 radical (unpaired) electrons. The van der Waals surface area contributed by atoms with Gasteiger partial charge in [-0.3, -0.25) is 14.8 Å². The summed E-state index contributed by atoms with van der Waals surface area (Å²) < 4.78 is 0. The summed E-state index contributed by atoms with van der Waals surface area (Å²) in [4.78, 5) is 22.4. The summed E-state index contributed by atoms with van der Waals surface area (Å²) in [6, 6.07) is 25.7. The van der Waals surface area contributed by atoms with E-state index in [2.05, 4.69) is 22.4 Å². The Morgan fingerprint density at radius 1 is 1.00 bits per heavy atom. The number of benzene rings is 3. The predicted molar refractivity (Wildman–Crippen MR) is 142 cm³/mol. The zero-order chi connectivity index (χ0) is 24.4. The van der Waals surface area contributed by atoms with Crippen molar-refractivity contribution in [3.05, 3.63) is 129 Å². The summed E-state index contributed by atoms with van der Waals surface area (Å²) in [5.74, 6) is -0.0431. The Balaban J connectivity index is 1.37. The topological polar surface area (TPSA) is 54.4 Å². The van der Waals surface area contributed by atoms with E-state index in [1.54, 1.807) is 6.20 Å². The van der Waals surface area contributed by atoms with Crippen LogP contribution < -0.4 is 5.32 Å². The number of nitrogens with zero attached hydrogens (tertiary/aromatic N) is 2. The molecule has 1 N–H and O–H groups in total. The van der Waals surface area contributed by atoms with Crippen molar-refractivity contribution < 1.29 is 4.79 Å². The summed E-state index contributed by atoms with van der Waals surface area (Å²) in [6.45, 7) is 4.02. The Morgan fingerprint density at radius 2 is 1.83 bits per heavy atom. The third-order valence-corrected chi connectivity index (χ3v) is 6.66. The number of aliphatic imine (C=N–C) groups is 1. The Labute approximate surface area is 210 Å². The molecule has 4 aromatic rings. The van der Waals surface area contributed by atoms with Gasteiger partial charge in [-0.25, -0.2) is 0 Å². The molecule has 0 aliphatic carbocycles. The van der Waals surface area contributed by atoms with Gasteiger partial charge in [-0.2, -0.15) is 0 Å². The lowest BCUT2D eigenvalue weighted by Crippen LogP contribution is -2.31. The van der Waals surface area contributed by atoms with Crippen LogP contribution in [-0.4, -0.2) is 16.6 Å². The van der Waals surface area contributed by atoms with Crippen LogP contribution in [0, 0.1) is 13.8 Å². The van der Waals surface area contributed by atoms with Gasteiger partial charge in [0.15, 0.2) is 0 Å². The highest BCUT2D eigenvalue weighted by atomic mass is 35.5. The maximum Gasteiger partial charge on any atom is 0.225 e. The largest absolute Gasteiger partial charge is 0.345 e. The number of pyridine rings is 1. The van der Waals surface area contributed by atoms with Crippen molar-refractivity contribution in [2.75, 3.05) is 0 Å². The van der Waals surface area contributed by atoms with Gasteiger partial charge in [0, 0.05) is 28.9 Å². The van der Waals surface area contributed by atoms with Crippen molar-refractivity contribution >= 4 is 28.9 Å². The number of rotatable bonds is 6. The number of fused-ring (bicyclic) bond motifs is 1. The van der Waals surface area contributed by atoms with E-state index in [1.807, 2.05) is 80.6 Å². The number of hydrogen-bond donors (Lipinski definition) is 1. The van der Waals surface area contributed by atoms with E-state index in [-0.39, 0.29) is 18.4 Å². The van der Waals surface area contributed by atoms with Gasteiger partial charge in [0.05, 0.1) is 23.9 Å². The number of carbonyl (C=O) groups is 1. The van der Waals surface area contributed by atoms with Crippen LogP contribution in [0.3, 0.4) is 0 Å². The Kier molecular flexibility index (Phi) is 6.47. The van der Waals surface area contributed by atoms with E-state index in [0.717, 1.165) is 51.3 Å². The normalized spacial score (nSPS) is 13.2. The second-order valence-corrected chi connectivity index (χ2v) is 9.36. The van der Waals surface area contributed by atoms with Gasteiger partial charge in [0.25, 0.3) is 0 Å². The van der Waals surface area contributed by atoms with Crippen LogP contribution in [0.25, 0.3) is 0 Å². The fourth-order valence-corrected chi connectivity index (χ4v) is 4.86. The number of aromatic nitrogens is 1. The summed E-state index contributed by atoms with van der Waals surface area (Å²) in [5, 5.41) is 3.93. The summed E-state index contributed by atoms with van der Waals surface area (Å²) >= 11 is 6.18. The van der Waals surface area contributed by atoms with Crippen LogP contribution in [0.2, 0.25) is 5.02 Å². The molecule has 174 valence electrons. The second kappa shape index (κ2) is 9.85. The van der Waals surface area contributed by atoms with E-state index in [9.17, 15) is 4.79 Å². The number of nitrogens with one attached hydrogen (secondary N) is 1. The molecule has 4 nitrogen and oxygen atoms in total. The lowest BCUT2D eigenvalue weighted by atomic mass is 9.94. The number of amides is 1. The first-order chi connectivity index (χ1) is 17.0. The molecular formula is C30H26ClN3O. The van der Waals surface area contributed by atoms with E-state index >= 15 is 0 Å². The minimum atomic E-state index is -0.256. The van der Waals surface area contributed by atoms with E-state index < -0.39 is 0 Å². The minimum Gasteiger partial charge on any atom is -0.345 e. The highest BCUT2D eigenvalue weighted by molar-refractivity contribution is 6.30. The Morgan fingerprint density at radius 3 is 2.60 bits per heavy atom. The monoisotopic (exact) mass is 479 g/mol. The average molecular weight is 480 g/mol. The van der Waals surface area contributed by atoms with Gasteiger partial charge in [0.2, 0.25) is 5.91 Å². The molecule has 5 heteroatoms. The summed E-state index contributed by atoms with van der Waals surface area (Å²) in [6.07, 6.45) is 2.85. The molecule has 1 aromatic heterocycles. The van der Waals surface area contributed by atoms with Crippen molar-refractivity contribution in [2.24, 2.45) is 4.99 Å². The molecule has 2 heterocycles. The van der Waals surface area contributed by atoms with Gasteiger partial charge in [-0.05, 0) is 72.0 Å². The zero-order valence-corrected chi connectivity index (χ0v) is 20.5. The number of halogens is 1. The predicted octanol–water partition coefficient (Wildman–Crippen LogP) is 6.48. The number of carbonyl (C=O) groups excluding carboxylic acids is 1. The Bertz CT molecular complexity index is 1430. The van der Waals surface area contributed by atoms with Gasteiger partial charge in [-0.1, -0.05) is 60.1 Å². The molecule has 1 aliphatic rings. The van der Waals surface area contributed by atoms with Crippen molar-refractivity contribution in [3.8, 4) is 0 Å². The average Bonchev–Trinajstić information content (AvgIpc) is 3.27. The standard InChI is InChI=1S/C30H26ClN3O/c1-19-15-24(31)12-13-25(19)30(22-7-4-3-5-8-22)34-29(35)17-21-10-11-23-18-28(33-27(23)16-21)26-9-6-14-32-20(26)2/h3-16,30H,17-18H2,1-2H3,(H,34,35). The maximum atomic E-state index is 13.2. The maximum absolute atomic E-state index is 13.2. The lowest BCUT2D eigenvalue weighted by Gasteiger charge is -2.22. The molecule has 1 unspecified atom stereocenters.